The van der Waals surface area contributed by atoms with Crippen molar-refractivity contribution < 1.29 is 0 Å². The highest BCUT2D eigenvalue weighted by Gasteiger charge is 2.11. The second-order valence-corrected chi connectivity index (χ2v) is 5.26. The number of nitrogens with zero attached hydrogens (tertiary/aromatic N) is 2. The van der Waals surface area contributed by atoms with Gasteiger partial charge in [-0.1, -0.05) is 42.0 Å². The Balaban J connectivity index is 1.89. The van der Waals surface area contributed by atoms with E-state index in [0.717, 1.165) is 17.0 Å². The van der Waals surface area contributed by atoms with Crippen molar-refractivity contribution in [3.8, 4) is 0 Å². The van der Waals surface area contributed by atoms with Crippen molar-refractivity contribution in [1.82, 2.24) is 9.55 Å². The third-order valence-corrected chi connectivity index (χ3v) is 3.71. The standard InChI is InChI=1S/C17H19N3/c1-12-8-10-14(11-9-12)13(2)18-17-19-15-6-4-5-7-16(15)20(17)3/h4-11,13H,1-3H3,(H,18,19). The number of para-hydroxylation sites is 2. The number of rotatable bonds is 3. The van der Waals surface area contributed by atoms with Crippen LogP contribution in [0.4, 0.5) is 5.95 Å². The molecule has 20 heavy (non-hydrogen) atoms. The van der Waals surface area contributed by atoms with Crippen LogP contribution in [0.25, 0.3) is 11.0 Å². The van der Waals surface area contributed by atoms with E-state index >= 15 is 0 Å². The van der Waals surface area contributed by atoms with Crippen molar-refractivity contribution in [1.29, 1.82) is 0 Å². The molecular formula is C17H19N3. The lowest BCUT2D eigenvalue weighted by molar-refractivity contribution is 0.832. The Morgan fingerprint density at radius 1 is 1.05 bits per heavy atom. The minimum absolute atomic E-state index is 0.228. The lowest BCUT2D eigenvalue weighted by Gasteiger charge is -2.15. The number of aryl methyl sites for hydroxylation is 2. The predicted octanol–water partition coefficient (Wildman–Crippen LogP) is 4.05. The molecule has 0 fully saturated rings. The van der Waals surface area contributed by atoms with Gasteiger partial charge in [0.05, 0.1) is 17.1 Å². The first-order chi connectivity index (χ1) is 9.65. The molecule has 1 unspecified atom stereocenters. The Morgan fingerprint density at radius 3 is 2.45 bits per heavy atom. The minimum atomic E-state index is 0.228. The molecular weight excluding hydrogens is 246 g/mol. The zero-order chi connectivity index (χ0) is 14.1. The second-order valence-electron chi connectivity index (χ2n) is 5.26. The maximum Gasteiger partial charge on any atom is 0.204 e. The van der Waals surface area contributed by atoms with E-state index in [9.17, 15) is 0 Å². The Kier molecular flexibility index (Phi) is 3.18. The van der Waals surface area contributed by atoms with Gasteiger partial charge in [0.1, 0.15) is 0 Å². The summed E-state index contributed by atoms with van der Waals surface area (Å²) in [5.41, 5.74) is 4.71. The van der Waals surface area contributed by atoms with Gasteiger partial charge in [-0.15, -0.1) is 0 Å². The van der Waals surface area contributed by atoms with Crippen LogP contribution in [0.5, 0.6) is 0 Å². The molecule has 3 heteroatoms. The molecule has 0 aliphatic heterocycles. The van der Waals surface area contributed by atoms with Gasteiger partial charge in [0, 0.05) is 7.05 Å². The van der Waals surface area contributed by atoms with Crippen LogP contribution >= 0.6 is 0 Å². The Bertz CT molecular complexity index is 726. The number of benzene rings is 2. The van der Waals surface area contributed by atoms with Crippen LogP contribution in [0.2, 0.25) is 0 Å². The van der Waals surface area contributed by atoms with E-state index in [1.54, 1.807) is 0 Å². The number of hydrogen-bond donors (Lipinski definition) is 1. The quantitative estimate of drug-likeness (QED) is 0.774. The average Bonchev–Trinajstić information content (AvgIpc) is 2.77. The summed E-state index contributed by atoms with van der Waals surface area (Å²) < 4.78 is 2.10. The molecule has 1 N–H and O–H groups in total. The molecule has 0 saturated heterocycles. The molecule has 0 aliphatic carbocycles. The molecule has 0 amide bonds. The van der Waals surface area contributed by atoms with Gasteiger partial charge in [-0.2, -0.15) is 0 Å². The zero-order valence-corrected chi connectivity index (χ0v) is 12.1. The Hall–Kier alpha value is -2.29. The monoisotopic (exact) mass is 265 g/mol. The summed E-state index contributed by atoms with van der Waals surface area (Å²) in [6, 6.07) is 17.0. The number of imidazole rings is 1. The molecule has 1 heterocycles. The highest BCUT2D eigenvalue weighted by molar-refractivity contribution is 5.78. The van der Waals surface area contributed by atoms with Crippen molar-refractivity contribution in [2.75, 3.05) is 5.32 Å². The number of fused-ring (bicyclic) bond motifs is 1. The molecule has 3 aromatic rings. The maximum atomic E-state index is 4.65. The summed E-state index contributed by atoms with van der Waals surface area (Å²) in [6.45, 7) is 4.26. The Labute approximate surface area is 119 Å². The molecule has 0 radical (unpaired) electrons. The summed E-state index contributed by atoms with van der Waals surface area (Å²) in [6.07, 6.45) is 0. The van der Waals surface area contributed by atoms with Crippen LogP contribution in [0.15, 0.2) is 48.5 Å². The molecule has 0 saturated carbocycles. The lowest BCUT2D eigenvalue weighted by Crippen LogP contribution is -2.10. The lowest BCUT2D eigenvalue weighted by atomic mass is 10.1. The summed E-state index contributed by atoms with van der Waals surface area (Å²) >= 11 is 0. The Morgan fingerprint density at radius 2 is 1.75 bits per heavy atom. The summed E-state index contributed by atoms with van der Waals surface area (Å²) in [5.74, 6) is 0.902. The zero-order valence-electron chi connectivity index (χ0n) is 12.1. The smallest absolute Gasteiger partial charge is 0.204 e. The van der Waals surface area contributed by atoms with Crippen molar-refractivity contribution in [2.24, 2.45) is 7.05 Å². The van der Waals surface area contributed by atoms with Gasteiger partial charge in [0.25, 0.3) is 0 Å². The maximum absolute atomic E-state index is 4.65. The fraction of sp³-hybridized carbons (Fsp3) is 0.235. The van der Waals surface area contributed by atoms with Gasteiger partial charge >= 0.3 is 0 Å². The molecule has 0 bridgehead atoms. The number of hydrogen-bond acceptors (Lipinski definition) is 2. The van der Waals surface area contributed by atoms with Gasteiger partial charge in [-0.05, 0) is 31.5 Å². The van der Waals surface area contributed by atoms with Gasteiger partial charge < -0.3 is 9.88 Å². The first kappa shape index (κ1) is 12.7. The molecule has 2 aromatic carbocycles. The van der Waals surface area contributed by atoms with E-state index in [2.05, 4.69) is 59.0 Å². The highest BCUT2D eigenvalue weighted by atomic mass is 15.2. The van der Waals surface area contributed by atoms with E-state index in [4.69, 9.17) is 0 Å². The molecule has 3 rings (SSSR count). The molecule has 3 nitrogen and oxygen atoms in total. The normalized spacial score (nSPS) is 12.6. The van der Waals surface area contributed by atoms with Crippen LogP contribution < -0.4 is 5.32 Å². The van der Waals surface area contributed by atoms with E-state index in [0.29, 0.717) is 0 Å². The molecule has 0 aliphatic rings. The second kappa shape index (κ2) is 5.00. The van der Waals surface area contributed by atoms with Crippen LogP contribution in [-0.2, 0) is 7.05 Å². The fourth-order valence-corrected chi connectivity index (χ4v) is 2.41. The molecule has 1 atom stereocenters. The fourth-order valence-electron chi connectivity index (χ4n) is 2.41. The highest BCUT2D eigenvalue weighted by Crippen LogP contribution is 2.22. The largest absolute Gasteiger partial charge is 0.349 e. The molecule has 0 spiro atoms. The number of nitrogens with one attached hydrogen (secondary N) is 1. The first-order valence-corrected chi connectivity index (χ1v) is 6.90. The van der Waals surface area contributed by atoms with E-state index < -0.39 is 0 Å². The van der Waals surface area contributed by atoms with Crippen molar-refractivity contribution in [2.45, 2.75) is 19.9 Å². The van der Waals surface area contributed by atoms with Crippen molar-refractivity contribution in [3.63, 3.8) is 0 Å². The molecule has 1 aromatic heterocycles. The van der Waals surface area contributed by atoms with Crippen molar-refractivity contribution >= 4 is 17.0 Å². The van der Waals surface area contributed by atoms with Crippen LogP contribution in [0.1, 0.15) is 24.1 Å². The van der Waals surface area contributed by atoms with Gasteiger partial charge in [0.2, 0.25) is 5.95 Å². The van der Waals surface area contributed by atoms with Gasteiger partial charge in [-0.25, -0.2) is 4.98 Å². The SMILES string of the molecule is Cc1ccc(C(C)Nc2nc3ccccc3n2C)cc1. The van der Waals surface area contributed by atoms with E-state index in [1.807, 2.05) is 25.2 Å². The number of anilines is 1. The van der Waals surface area contributed by atoms with E-state index in [-0.39, 0.29) is 6.04 Å². The average molecular weight is 265 g/mol. The van der Waals surface area contributed by atoms with Crippen LogP contribution in [-0.4, -0.2) is 9.55 Å². The summed E-state index contributed by atoms with van der Waals surface area (Å²) in [4.78, 5) is 4.65. The third kappa shape index (κ3) is 2.27. The van der Waals surface area contributed by atoms with Gasteiger partial charge in [0.15, 0.2) is 0 Å². The predicted molar refractivity (Wildman–Crippen MR) is 83.9 cm³/mol. The summed E-state index contributed by atoms with van der Waals surface area (Å²) in [5, 5.41) is 3.49. The third-order valence-electron chi connectivity index (χ3n) is 3.71. The summed E-state index contributed by atoms with van der Waals surface area (Å²) in [7, 11) is 2.04. The van der Waals surface area contributed by atoms with Crippen LogP contribution in [0, 0.1) is 6.92 Å². The molecule has 102 valence electrons. The number of aromatic nitrogens is 2. The van der Waals surface area contributed by atoms with Gasteiger partial charge in [-0.3, -0.25) is 0 Å². The minimum Gasteiger partial charge on any atom is -0.349 e. The van der Waals surface area contributed by atoms with Crippen molar-refractivity contribution in [3.05, 3.63) is 59.7 Å². The topological polar surface area (TPSA) is 29.9 Å². The van der Waals surface area contributed by atoms with E-state index in [1.165, 1.54) is 11.1 Å². The van der Waals surface area contributed by atoms with Crippen LogP contribution in [0.3, 0.4) is 0 Å². The first-order valence-electron chi connectivity index (χ1n) is 6.90.